The molecule has 0 aliphatic carbocycles. The van der Waals surface area contributed by atoms with Crippen molar-refractivity contribution in [2.45, 2.75) is 32.5 Å². The Kier molecular flexibility index (Phi) is 4.43. The van der Waals surface area contributed by atoms with Gasteiger partial charge in [-0.3, -0.25) is 4.90 Å². The summed E-state index contributed by atoms with van der Waals surface area (Å²) in [7, 11) is 1.86. The van der Waals surface area contributed by atoms with Crippen molar-refractivity contribution in [2.75, 3.05) is 25.5 Å². The van der Waals surface area contributed by atoms with E-state index in [2.05, 4.69) is 29.0 Å². The van der Waals surface area contributed by atoms with Gasteiger partial charge in [-0.2, -0.15) is 0 Å². The van der Waals surface area contributed by atoms with E-state index in [1.807, 2.05) is 19.2 Å². The maximum Gasteiger partial charge on any atom is 0.126 e. The lowest BCUT2D eigenvalue weighted by Gasteiger charge is -2.36. The molecule has 0 spiro atoms. The Labute approximate surface area is 113 Å². The summed E-state index contributed by atoms with van der Waals surface area (Å²) < 4.78 is 5.63. The van der Waals surface area contributed by atoms with Gasteiger partial charge in [-0.15, -0.1) is 0 Å². The number of pyridine rings is 1. The zero-order chi connectivity index (χ0) is 13.1. The SMILES string of the molecule is CNc1ccc(Cl)c(CN2CC(C)OCC2C)n1. The average molecular weight is 270 g/mol. The van der Waals surface area contributed by atoms with E-state index in [0.717, 1.165) is 36.2 Å². The van der Waals surface area contributed by atoms with E-state index < -0.39 is 0 Å². The molecule has 2 atom stereocenters. The van der Waals surface area contributed by atoms with E-state index in [4.69, 9.17) is 16.3 Å². The highest BCUT2D eigenvalue weighted by atomic mass is 35.5. The van der Waals surface area contributed by atoms with E-state index in [9.17, 15) is 0 Å². The Morgan fingerprint density at radius 3 is 3.00 bits per heavy atom. The van der Waals surface area contributed by atoms with Gasteiger partial charge in [0.2, 0.25) is 0 Å². The topological polar surface area (TPSA) is 37.4 Å². The second kappa shape index (κ2) is 5.87. The Morgan fingerprint density at radius 1 is 1.50 bits per heavy atom. The molecule has 5 heteroatoms. The van der Waals surface area contributed by atoms with Crippen LogP contribution in [-0.4, -0.2) is 42.2 Å². The molecule has 1 N–H and O–H groups in total. The van der Waals surface area contributed by atoms with Crippen molar-refractivity contribution < 1.29 is 4.74 Å². The monoisotopic (exact) mass is 269 g/mol. The third kappa shape index (κ3) is 3.13. The maximum atomic E-state index is 6.21. The highest BCUT2D eigenvalue weighted by Crippen LogP contribution is 2.21. The van der Waals surface area contributed by atoms with Crippen molar-refractivity contribution in [3.63, 3.8) is 0 Å². The van der Waals surface area contributed by atoms with Gasteiger partial charge in [-0.25, -0.2) is 4.98 Å². The average Bonchev–Trinajstić information content (AvgIpc) is 2.36. The molecule has 1 aromatic heterocycles. The molecule has 18 heavy (non-hydrogen) atoms. The van der Waals surface area contributed by atoms with E-state index in [1.54, 1.807) is 0 Å². The fraction of sp³-hybridized carbons (Fsp3) is 0.615. The van der Waals surface area contributed by atoms with Crippen molar-refractivity contribution in [1.29, 1.82) is 0 Å². The lowest BCUT2D eigenvalue weighted by Crippen LogP contribution is -2.46. The van der Waals surface area contributed by atoms with Gasteiger partial charge in [0.1, 0.15) is 5.82 Å². The van der Waals surface area contributed by atoms with Crippen LogP contribution in [0.2, 0.25) is 5.02 Å². The number of hydrogen-bond acceptors (Lipinski definition) is 4. The molecule has 2 unspecified atom stereocenters. The summed E-state index contributed by atoms with van der Waals surface area (Å²) in [6.07, 6.45) is 0.271. The molecular weight excluding hydrogens is 250 g/mol. The summed E-state index contributed by atoms with van der Waals surface area (Å²) in [5.74, 6) is 0.850. The summed E-state index contributed by atoms with van der Waals surface area (Å²) in [5.41, 5.74) is 0.921. The van der Waals surface area contributed by atoms with E-state index in [-0.39, 0.29) is 6.10 Å². The molecule has 100 valence electrons. The number of morpholine rings is 1. The fourth-order valence-electron chi connectivity index (χ4n) is 2.12. The molecule has 1 aliphatic heterocycles. The quantitative estimate of drug-likeness (QED) is 0.914. The molecule has 1 aromatic rings. The van der Waals surface area contributed by atoms with Crippen molar-refractivity contribution in [3.05, 3.63) is 22.8 Å². The van der Waals surface area contributed by atoms with Gasteiger partial charge in [-0.05, 0) is 26.0 Å². The zero-order valence-corrected chi connectivity index (χ0v) is 11.9. The normalized spacial score (nSPS) is 25.1. The predicted octanol–water partition coefficient (Wildman–Crippen LogP) is 2.39. The molecule has 1 aliphatic rings. The molecule has 1 saturated heterocycles. The number of halogens is 1. The minimum Gasteiger partial charge on any atom is -0.376 e. The lowest BCUT2D eigenvalue weighted by atomic mass is 10.2. The van der Waals surface area contributed by atoms with Crippen LogP contribution in [0.5, 0.6) is 0 Å². The zero-order valence-electron chi connectivity index (χ0n) is 11.1. The standard InChI is InChI=1S/C13H20ClN3O/c1-9-8-18-10(2)6-17(9)7-12-11(14)4-5-13(15-3)16-12/h4-5,9-10H,6-8H2,1-3H3,(H,15,16). The van der Waals surface area contributed by atoms with E-state index in [0.29, 0.717) is 6.04 Å². The molecule has 0 aromatic carbocycles. The van der Waals surface area contributed by atoms with Gasteiger partial charge in [0.15, 0.2) is 0 Å². The molecule has 0 saturated carbocycles. The predicted molar refractivity (Wildman–Crippen MR) is 74.1 cm³/mol. The first kappa shape index (κ1) is 13.6. The van der Waals surface area contributed by atoms with E-state index >= 15 is 0 Å². The third-order valence-electron chi connectivity index (χ3n) is 3.26. The molecule has 2 heterocycles. The number of nitrogens with one attached hydrogen (secondary N) is 1. The summed E-state index contributed by atoms with van der Waals surface area (Å²) >= 11 is 6.21. The van der Waals surface area contributed by atoms with Crippen LogP contribution in [0.1, 0.15) is 19.5 Å². The van der Waals surface area contributed by atoms with Gasteiger partial charge in [0, 0.05) is 26.2 Å². The van der Waals surface area contributed by atoms with Crippen LogP contribution in [0.4, 0.5) is 5.82 Å². The number of anilines is 1. The second-order valence-electron chi connectivity index (χ2n) is 4.80. The third-order valence-corrected chi connectivity index (χ3v) is 3.61. The number of rotatable bonds is 3. The van der Waals surface area contributed by atoms with Crippen molar-refractivity contribution in [1.82, 2.24) is 9.88 Å². The van der Waals surface area contributed by atoms with Crippen molar-refractivity contribution in [3.8, 4) is 0 Å². The largest absolute Gasteiger partial charge is 0.376 e. The van der Waals surface area contributed by atoms with Crippen molar-refractivity contribution >= 4 is 17.4 Å². The highest BCUT2D eigenvalue weighted by molar-refractivity contribution is 6.31. The van der Waals surface area contributed by atoms with Gasteiger partial charge in [0.05, 0.1) is 23.4 Å². The maximum absolute atomic E-state index is 6.21. The smallest absolute Gasteiger partial charge is 0.126 e. The number of ether oxygens (including phenoxy) is 1. The van der Waals surface area contributed by atoms with Crippen LogP contribution in [0.25, 0.3) is 0 Å². The van der Waals surface area contributed by atoms with Crippen LogP contribution in [0, 0.1) is 0 Å². The lowest BCUT2D eigenvalue weighted by molar-refractivity contribution is -0.0530. The molecule has 0 bridgehead atoms. The molecule has 2 rings (SSSR count). The molecule has 0 radical (unpaired) electrons. The Balaban J connectivity index is 2.12. The molecule has 4 nitrogen and oxygen atoms in total. The van der Waals surface area contributed by atoms with Gasteiger partial charge in [-0.1, -0.05) is 11.6 Å². The van der Waals surface area contributed by atoms with Crippen LogP contribution < -0.4 is 5.32 Å². The molecular formula is C13H20ClN3O. The van der Waals surface area contributed by atoms with Crippen molar-refractivity contribution in [2.24, 2.45) is 0 Å². The second-order valence-corrected chi connectivity index (χ2v) is 5.20. The van der Waals surface area contributed by atoms with Gasteiger partial charge in [0.25, 0.3) is 0 Å². The first-order valence-electron chi connectivity index (χ1n) is 6.29. The highest BCUT2D eigenvalue weighted by Gasteiger charge is 2.24. The van der Waals surface area contributed by atoms with Crippen LogP contribution >= 0.6 is 11.6 Å². The first-order chi connectivity index (χ1) is 8.60. The fourth-order valence-corrected chi connectivity index (χ4v) is 2.28. The number of hydrogen-bond donors (Lipinski definition) is 1. The first-order valence-corrected chi connectivity index (χ1v) is 6.66. The Morgan fingerprint density at radius 2 is 2.28 bits per heavy atom. The van der Waals surface area contributed by atoms with E-state index in [1.165, 1.54) is 0 Å². The van der Waals surface area contributed by atoms with Crippen LogP contribution in [0.3, 0.4) is 0 Å². The number of nitrogens with zero attached hydrogens (tertiary/aromatic N) is 2. The van der Waals surface area contributed by atoms with Gasteiger partial charge < -0.3 is 10.1 Å². The molecule has 0 amide bonds. The summed E-state index contributed by atoms with van der Waals surface area (Å²) in [6, 6.07) is 4.18. The van der Waals surface area contributed by atoms with Crippen LogP contribution in [-0.2, 0) is 11.3 Å². The minimum atomic E-state index is 0.271. The molecule has 1 fully saturated rings. The summed E-state index contributed by atoms with van der Waals surface area (Å²) in [5, 5.41) is 3.76. The van der Waals surface area contributed by atoms with Gasteiger partial charge >= 0.3 is 0 Å². The number of aromatic nitrogens is 1. The Hall–Kier alpha value is -0.840. The summed E-state index contributed by atoms with van der Waals surface area (Å²) in [4.78, 5) is 6.88. The summed E-state index contributed by atoms with van der Waals surface area (Å²) in [6.45, 7) is 6.72. The Bertz CT molecular complexity index is 413. The van der Waals surface area contributed by atoms with Crippen LogP contribution in [0.15, 0.2) is 12.1 Å². The minimum absolute atomic E-state index is 0.271.